The van der Waals surface area contributed by atoms with Crippen LogP contribution in [0.25, 0.3) is 50.3 Å². The van der Waals surface area contributed by atoms with E-state index in [4.69, 9.17) is 4.42 Å². The van der Waals surface area contributed by atoms with Crippen LogP contribution in [0.4, 0.5) is 0 Å². The zero-order valence-corrected chi connectivity index (χ0v) is 20.1. The lowest BCUT2D eigenvalue weighted by atomic mass is 10.0. The van der Waals surface area contributed by atoms with Crippen LogP contribution in [0.5, 0.6) is 0 Å². The Bertz CT molecular complexity index is 1840. The number of carbonyl (C=O) groups is 2. The summed E-state index contributed by atoms with van der Waals surface area (Å²) in [7, 11) is 1.99. The molecule has 4 nitrogen and oxygen atoms in total. The molecule has 0 spiro atoms. The predicted molar refractivity (Wildman–Crippen MR) is 147 cm³/mol. The molecule has 176 valence electrons. The van der Waals surface area contributed by atoms with Gasteiger partial charge in [0.15, 0.2) is 17.1 Å². The van der Waals surface area contributed by atoms with Crippen LogP contribution >= 0.6 is 0 Å². The Morgan fingerprint density at radius 1 is 0.649 bits per heavy atom. The number of Topliss-reactive ketones (excluding diaryl/α,β-unsaturated/α-hetero) is 2. The monoisotopic (exact) mass is 479 g/mol. The molecule has 0 N–H and O–H groups in total. The summed E-state index contributed by atoms with van der Waals surface area (Å²) in [6, 6.07) is 34.0. The third-order valence-corrected chi connectivity index (χ3v) is 7.19. The van der Waals surface area contributed by atoms with Gasteiger partial charge in [-0.05, 0) is 45.7 Å². The van der Waals surface area contributed by atoms with Crippen LogP contribution in [0, 0.1) is 0 Å². The van der Waals surface area contributed by atoms with Crippen LogP contribution < -0.4 is 0 Å². The number of hydrogen-bond donors (Lipinski definition) is 0. The molecular formula is C33H21NO3. The van der Waals surface area contributed by atoms with Crippen molar-refractivity contribution >= 4 is 39.5 Å². The van der Waals surface area contributed by atoms with Gasteiger partial charge in [0.1, 0.15) is 5.76 Å². The number of fused-ring (bicyclic) bond motifs is 3. The first-order valence-corrected chi connectivity index (χ1v) is 12.2. The standard InChI is InChI=1S/C33H21NO3/c1-34-29(22-13-11-21(12-14-22)20-7-3-2-4-8-20)19-31-30(34)18-25(37-31)17-28-32(35)26-15-23-9-5-6-10-24(23)16-27(26)33(28)36/h2-19H,1H3. The van der Waals surface area contributed by atoms with Crippen molar-refractivity contribution in [3.8, 4) is 22.4 Å². The average molecular weight is 480 g/mol. The number of hydrogen-bond acceptors (Lipinski definition) is 3. The molecule has 0 aliphatic heterocycles. The van der Waals surface area contributed by atoms with Gasteiger partial charge < -0.3 is 8.98 Å². The van der Waals surface area contributed by atoms with Crippen LogP contribution in [0.15, 0.2) is 113 Å². The van der Waals surface area contributed by atoms with Gasteiger partial charge in [-0.2, -0.15) is 0 Å². The quantitative estimate of drug-likeness (QED) is 0.193. The lowest BCUT2D eigenvalue weighted by molar-refractivity contribution is 0.0990. The second-order valence-electron chi connectivity index (χ2n) is 9.39. The van der Waals surface area contributed by atoms with E-state index in [1.807, 2.05) is 61.6 Å². The van der Waals surface area contributed by atoms with Crippen molar-refractivity contribution in [1.82, 2.24) is 4.57 Å². The highest BCUT2D eigenvalue weighted by molar-refractivity contribution is 6.42. The molecule has 2 heterocycles. The van der Waals surface area contributed by atoms with Gasteiger partial charge in [-0.25, -0.2) is 0 Å². The molecule has 0 unspecified atom stereocenters. The van der Waals surface area contributed by atoms with E-state index < -0.39 is 0 Å². The summed E-state index contributed by atoms with van der Waals surface area (Å²) in [4.78, 5) is 26.2. The van der Waals surface area contributed by atoms with E-state index in [1.54, 1.807) is 18.2 Å². The number of aromatic nitrogens is 1. The van der Waals surface area contributed by atoms with E-state index in [0.29, 0.717) is 22.5 Å². The third-order valence-electron chi connectivity index (χ3n) is 7.19. The molecule has 1 aliphatic carbocycles. The topological polar surface area (TPSA) is 52.2 Å². The van der Waals surface area contributed by atoms with Crippen molar-refractivity contribution in [2.45, 2.75) is 0 Å². The summed E-state index contributed by atoms with van der Waals surface area (Å²) in [6.07, 6.45) is 1.57. The zero-order chi connectivity index (χ0) is 25.1. The second-order valence-corrected chi connectivity index (χ2v) is 9.39. The number of carbonyl (C=O) groups excluding carboxylic acids is 2. The molecule has 37 heavy (non-hydrogen) atoms. The molecule has 0 saturated carbocycles. The Morgan fingerprint density at radius 3 is 1.84 bits per heavy atom. The summed E-state index contributed by atoms with van der Waals surface area (Å²) in [5, 5.41) is 1.88. The fraction of sp³-hybridized carbons (Fsp3) is 0.0303. The summed E-state index contributed by atoms with van der Waals surface area (Å²) in [5.74, 6) is -0.0311. The maximum atomic E-state index is 13.1. The molecule has 0 atom stereocenters. The summed E-state index contributed by atoms with van der Waals surface area (Å²) in [5.41, 5.74) is 7.10. The van der Waals surface area contributed by atoms with Crippen molar-refractivity contribution in [1.29, 1.82) is 0 Å². The normalized spacial score (nSPS) is 13.1. The fourth-order valence-corrected chi connectivity index (χ4v) is 5.23. The number of aryl methyl sites for hydroxylation is 1. The first-order valence-electron chi connectivity index (χ1n) is 12.2. The number of furan rings is 1. The largest absolute Gasteiger partial charge is 0.455 e. The highest BCUT2D eigenvalue weighted by Crippen LogP contribution is 2.34. The molecule has 4 heteroatoms. The van der Waals surface area contributed by atoms with Crippen LogP contribution in [0.3, 0.4) is 0 Å². The minimum atomic E-state index is -0.259. The molecule has 0 saturated heterocycles. The maximum absolute atomic E-state index is 13.1. The SMILES string of the molecule is Cn1c(-c2ccc(-c3ccccc3)cc2)cc2oc(C=C3C(=O)c4cc5ccccc5cc4C3=O)cc21. The van der Waals surface area contributed by atoms with Gasteiger partial charge >= 0.3 is 0 Å². The average Bonchev–Trinajstić information content (AvgIpc) is 3.55. The molecule has 0 fully saturated rings. The van der Waals surface area contributed by atoms with Crippen LogP contribution in [0.2, 0.25) is 0 Å². The van der Waals surface area contributed by atoms with Crippen molar-refractivity contribution < 1.29 is 14.0 Å². The van der Waals surface area contributed by atoms with Crippen LogP contribution in [-0.4, -0.2) is 16.1 Å². The number of benzene rings is 4. The second kappa shape index (κ2) is 8.04. The highest BCUT2D eigenvalue weighted by atomic mass is 16.3. The number of nitrogens with zero attached hydrogens (tertiary/aromatic N) is 1. The van der Waals surface area contributed by atoms with Gasteiger partial charge in [0.2, 0.25) is 0 Å². The highest BCUT2D eigenvalue weighted by Gasteiger charge is 2.33. The van der Waals surface area contributed by atoms with Gasteiger partial charge in [-0.3, -0.25) is 9.59 Å². The van der Waals surface area contributed by atoms with E-state index in [-0.39, 0.29) is 17.1 Å². The van der Waals surface area contributed by atoms with Crippen molar-refractivity contribution in [2.24, 2.45) is 7.05 Å². The lowest BCUT2D eigenvalue weighted by Crippen LogP contribution is -1.99. The molecule has 7 rings (SSSR count). The summed E-state index contributed by atoms with van der Waals surface area (Å²) in [6.45, 7) is 0. The summed E-state index contributed by atoms with van der Waals surface area (Å²) < 4.78 is 8.14. The molecule has 2 aromatic heterocycles. The van der Waals surface area contributed by atoms with E-state index in [9.17, 15) is 9.59 Å². The Balaban J connectivity index is 1.22. The van der Waals surface area contributed by atoms with Crippen LogP contribution in [-0.2, 0) is 7.05 Å². The Morgan fingerprint density at radius 2 is 1.22 bits per heavy atom. The molecule has 0 amide bonds. The Kier molecular flexibility index (Phi) is 4.63. The molecule has 0 bridgehead atoms. The maximum Gasteiger partial charge on any atom is 0.197 e. The van der Waals surface area contributed by atoms with Crippen LogP contribution in [0.1, 0.15) is 26.5 Å². The van der Waals surface area contributed by atoms with Gasteiger partial charge in [0.05, 0.1) is 16.8 Å². The van der Waals surface area contributed by atoms with E-state index in [2.05, 4.69) is 41.0 Å². The molecule has 4 aromatic carbocycles. The van der Waals surface area contributed by atoms with Gasteiger partial charge in [0.25, 0.3) is 0 Å². The number of rotatable bonds is 3. The van der Waals surface area contributed by atoms with Crippen molar-refractivity contribution in [3.05, 3.63) is 126 Å². The minimum Gasteiger partial charge on any atom is -0.455 e. The van der Waals surface area contributed by atoms with Crippen molar-refractivity contribution in [2.75, 3.05) is 0 Å². The van der Waals surface area contributed by atoms with E-state index in [0.717, 1.165) is 33.1 Å². The molecular weight excluding hydrogens is 458 g/mol. The lowest BCUT2D eigenvalue weighted by Gasteiger charge is -2.06. The first-order chi connectivity index (χ1) is 18.1. The van der Waals surface area contributed by atoms with Gasteiger partial charge in [-0.15, -0.1) is 0 Å². The first kappa shape index (κ1) is 21.3. The fourth-order valence-electron chi connectivity index (χ4n) is 5.23. The van der Waals surface area contributed by atoms with E-state index >= 15 is 0 Å². The smallest absolute Gasteiger partial charge is 0.197 e. The predicted octanol–water partition coefficient (Wildman–Crippen LogP) is 7.72. The Hall–Kier alpha value is -4.96. The van der Waals surface area contributed by atoms with Crippen molar-refractivity contribution in [3.63, 3.8) is 0 Å². The molecule has 6 aromatic rings. The Labute approximate surface area is 213 Å². The molecule has 0 radical (unpaired) electrons. The number of allylic oxidation sites excluding steroid dienone is 1. The summed E-state index contributed by atoms with van der Waals surface area (Å²) >= 11 is 0. The number of ketones is 2. The molecule has 1 aliphatic rings. The van der Waals surface area contributed by atoms with E-state index in [1.165, 1.54) is 5.56 Å². The zero-order valence-electron chi connectivity index (χ0n) is 20.1. The van der Waals surface area contributed by atoms with Gasteiger partial charge in [0, 0.05) is 30.3 Å². The minimum absolute atomic E-state index is 0.140. The third kappa shape index (κ3) is 3.38. The van der Waals surface area contributed by atoms with Gasteiger partial charge in [-0.1, -0.05) is 78.9 Å².